The highest BCUT2D eigenvalue weighted by Gasteiger charge is 2.21. The summed E-state index contributed by atoms with van der Waals surface area (Å²) in [7, 11) is 1.60. The van der Waals surface area contributed by atoms with Gasteiger partial charge in [-0.1, -0.05) is 18.2 Å². The Balaban J connectivity index is 1.36. The Kier molecular flexibility index (Phi) is 7.28. The minimum absolute atomic E-state index is 0.196. The van der Waals surface area contributed by atoms with Gasteiger partial charge >= 0.3 is 5.97 Å². The molecule has 2 heterocycles. The minimum atomic E-state index is -0.830. The molecule has 2 aromatic heterocycles. The summed E-state index contributed by atoms with van der Waals surface area (Å²) in [6, 6.07) is 16.9. The number of amides is 1. The molecule has 0 fully saturated rings. The molecule has 174 valence electrons. The second-order valence-corrected chi connectivity index (χ2v) is 8.10. The van der Waals surface area contributed by atoms with Crippen molar-refractivity contribution in [1.82, 2.24) is 20.1 Å². The third-order valence-electron chi connectivity index (χ3n) is 4.83. The molecule has 0 aliphatic rings. The van der Waals surface area contributed by atoms with E-state index in [0.717, 1.165) is 16.2 Å². The Hall–Kier alpha value is -4.05. The van der Waals surface area contributed by atoms with Gasteiger partial charge in [-0.3, -0.25) is 4.79 Å². The fourth-order valence-electron chi connectivity index (χ4n) is 3.11. The van der Waals surface area contributed by atoms with E-state index < -0.39 is 18.5 Å². The van der Waals surface area contributed by atoms with Gasteiger partial charge in [0.2, 0.25) is 0 Å². The summed E-state index contributed by atoms with van der Waals surface area (Å²) < 4.78 is 25.0. The molecule has 0 radical (unpaired) electrons. The van der Waals surface area contributed by atoms with E-state index in [0.29, 0.717) is 24.5 Å². The van der Waals surface area contributed by atoms with E-state index in [1.165, 1.54) is 40.3 Å². The average molecular weight is 481 g/mol. The quantitative estimate of drug-likeness (QED) is 0.368. The highest BCUT2D eigenvalue weighted by molar-refractivity contribution is 7.13. The number of hydrogen-bond donors (Lipinski definition) is 1. The van der Waals surface area contributed by atoms with Gasteiger partial charge < -0.3 is 14.8 Å². The molecule has 1 amide bonds. The molecule has 0 unspecified atom stereocenters. The molecule has 8 nitrogen and oxygen atoms in total. The summed E-state index contributed by atoms with van der Waals surface area (Å²) in [5.74, 6) is -0.671. The van der Waals surface area contributed by atoms with Crippen molar-refractivity contribution >= 4 is 23.2 Å². The molecule has 0 aliphatic carbocycles. The predicted octanol–water partition coefficient (Wildman–Crippen LogP) is 3.66. The third-order valence-corrected chi connectivity index (χ3v) is 5.70. The van der Waals surface area contributed by atoms with E-state index in [1.807, 2.05) is 41.8 Å². The Labute approximate surface area is 199 Å². The Morgan fingerprint density at radius 2 is 1.85 bits per heavy atom. The molecule has 0 aliphatic heterocycles. The van der Waals surface area contributed by atoms with Crippen molar-refractivity contribution < 1.29 is 23.5 Å². The van der Waals surface area contributed by atoms with E-state index in [4.69, 9.17) is 9.47 Å². The molecule has 2 aromatic carbocycles. The van der Waals surface area contributed by atoms with Crippen molar-refractivity contribution in [1.29, 1.82) is 0 Å². The number of aromatic nitrogens is 3. The number of rotatable bonds is 9. The number of benzene rings is 2. The fraction of sp³-hybridized carbons (Fsp3) is 0.167. The van der Waals surface area contributed by atoms with Crippen LogP contribution in [0, 0.1) is 5.82 Å². The molecule has 0 saturated carbocycles. The first-order chi connectivity index (χ1) is 16.5. The van der Waals surface area contributed by atoms with Gasteiger partial charge in [0.1, 0.15) is 11.6 Å². The number of nitrogens with one attached hydrogen (secondary N) is 1. The Morgan fingerprint density at radius 1 is 1.09 bits per heavy atom. The first-order valence-corrected chi connectivity index (χ1v) is 11.2. The van der Waals surface area contributed by atoms with Crippen molar-refractivity contribution in [3.8, 4) is 22.1 Å². The zero-order valence-electron chi connectivity index (χ0n) is 18.2. The lowest BCUT2D eigenvalue weighted by molar-refractivity contribution is -0.124. The average Bonchev–Trinajstić information content (AvgIpc) is 3.54. The summed E-state index contributed by atoms with van der Waals surface area (Å²) >= 11 is 1.42. The van der Waals surface area contributed by atoms with E-state index in [9.17, 15) is 14.0 Å². The van der Waals surface area contributed by atoms with Crippen LogP contribution in [0.2, 0.25) is 0 Å². The monoisotopic (exact) mass is 480 g/mol. The topological polar surface area (TPSA) is 95.3 Å². The molecular formula is C24H21FN4O4S. The van der Waals surface area contributed by atoms with Crippen LogP contribution in [-0.4, -0.2) is 46.9 Å². The Bertz CT molecular complexity index is 1260. The Morgan fingerprint density at radius 3 is 2.53 bits per heavy atom. The first kappa shape index (κ1) is 23.1. The number of carbonyl (C=O) groups excluding carboxylic acids is 2. The molecule has 0 atom stereocenters. The molecule has 10 heteroatoms. The van der Waals surface area contributed by atoms with Gasteiger partial charge in [0.15, 0.2) is 12.4 Å². The van der Waals surface area contributed by atoms with Crippen LogP contribution in [0.1, 0.15) is 16.2 Å². The summed E-state index contributed by atoms with van der Waals surface area (Å²) in [5.41, 5.74) is 1.57. The van der Waals surface area contributed by atoms with Crippen molar-refractivity contribution in [3.63, 3.8) is 0 Å². The second kappa shape index (κ2) is 10.7. The zero-order valence-corrected chi connectivity index (χ0v) is 19.0. The maximum atomic E-state index is 13.3. The lowest BCUT2D eigenvalue weighted by Gasteiger charge is -2.06. The van der Waals surface area contributed by atoms with Crippen LogP contribution >= 0.6 is 11.3 Å². The summed E-state index contributed by atoms with van der Waals surface area (Å²) in [6.45, 7) is -0.0659. The number of methoxy groups -OCH3 is 1. The highest BCUT2D eigenvalue weighted by Crippen LogP contribution is 2.25. The number of halogens is 1. The number of esters is 1. The number of thiophene rings is 1. The summed E-state index contributed by atoms with van der Waals surface area (Å²) in [4.78, 5) is 29.7. The zero-order chi connectivity index (χ0) is 23.9. The van der Waals surface area contributed by atoms with Gasteiger partial charge in [-0.15, -0.1) is 16.4 Å². The maximum absolute atomic E-state index is 13.3. The van der Waals surface area contributed by atoms with Gasteiger partial charge in [0.25, 0.3) is 11.7 Å². The lowest BCUT2D eigenvalue weighted by atomic mass is 10.1. The molecule has 0 saturated heterocycles. The molecule has 0 spiro atoms. The molecule has 1 N–H and O–H groups in total. The van der Waals surface area contributed by atoms with E-state index in [2.05, 4.69) is 15.4 Å². The van der Waals surface area contributed by atoms with Crippen LogP contribution in [0.5, 0.6) is 5.75 Å². The SMILES string of the molecule is COc1ccc(CCNC(=O)COC(=O)c2nc(-c3cccs3)n(-c3ccc(F)cc3)n2)cc1. The number of nitrogens with zero attached hydrogens (tertiary/aromatic N) is 3. The molecule has 34 heavy (non-hydrogen) atoms. The molecule has 4 aromatic rings. The normalized spacial score (nSPS) is 10.6. The van der Waals surface area contributed by atoms with Gasteiger partial charge in [-0.25, -0.2) is 13.9 Å². The van der Waals surface area contributed by atoms with Crippen LogP contribution in [0.3, 0.4) is 0 Å². The fourth-order valence-corrected chi connectivity index (χ4v) is 3.81. The van der Waals surface area contributed by atoms with Gasteiger partial charge in [0.05, 0.1) is 17.7 Å². The predicted molar refractivity (Wildman–Crippen MR) is 125 cm³/mol. The lowest BCUT2D eigenvalue weighted by Crippen LogP contribution is -2.30. The third kappa shape index (κ3) is 5.65. The standard InChI is InChI=1S/C24H21FN4O4S/c1-32-19-10-4-16(5-11-19)12-13-26-21(30)15-33-24(31)22-27-23(20-3-2-14-34-20)29(28-22)18-8-6-17(25)7-9-18/h2-11,14H,12-13,15H2,1H3,(H,26,30). The number of hydrogen-bond acceptors (Lipinski definition) is 7. The number of carbonyl (C=O) groups is 2. The van der Waals surface area contributed by atoms with Crippen LogP contribution in [-0.2, 0) is 16.0 Å². The van der Waals surface area contributed by atoms with Gasteiger partial charge in [0, 0.05) is 6.54 Å². The smallest absolute Gasteiger partial charge is 0.378 e. The minimum Gasteiger partial charge on any atom is -0.497 e. The maximum Gasteiger partial charge on any atom is 0.378 e. The molecule has 0 bridgehead atoms. The van der Waals surface area contributed by atoms with Gasteiger partial charge in [-0.05, 0) is 59.8 Å². The van der Waals surface area contributed by atoms with Crippen LogP contribution in [0.25, 0.3) is 16.4 Å². The summed E-state index contributed by atoms with van der Waals surface area (Å²) in [5, 5.41) is 8.81. The van der Waals surface area contributed by atoms with Crippen LogP contribution < -0.4 is 10.1 Å². The van der Waals surface area contributed by atoms with Crippen molar-refractivity contribution in [2.45, 2.75) is 6.42 Å². The van der Waals surface area contributed by atoms with E-state index in [-0.39, 0.29) is 11.6 Å². The second-order valence-electron chi connectivity index (χ2n) is 7.15. The van der Waals surface area contributed by atoms with Crippen molar-refractivity contribution in [3.05, 3.63) is 83.2 Å². The number of ether oxygens (including phenoxy) is 2. The van der Waals surface area contributed by atoms with E-state index in [1.54, 1.807) is 7.11 Å². The van der Waals surface area contributed by atoms with Gasteiger partial charge in [-0.2, -0.15) is 4.98 Å². The van der Waals surface area contributed by atoms with Crippen LogP contribution in [0.4, 0.5) is 4.39 Å². The molecular weight excluding hydrogens is 459 g/mol. The largest absolute Gasteiger partial charge is 0.497 e. The highest BCUT2D eigenvalue weighted by atomic mass is 32.1. The summed E-state index contributed by atoms with van der Waals surface area (Å²) in [6.07, 6.45) is 0.623. The van der Waals surface area contributed by atoms with Crippen molar-refractivity contribution in [2.75, 3.05) is 20.3 Å². The van der Waals surface area contributed by atoms with E-state index >= 15 is 0 Å². The van der Waals surface area contributed by atoms with Crippen molar-refractivity contribution in [2.24, 2.45) is 0 Å². The van der Waals surface area contributed by atoms with Crippen LogP contribution in [0.15, 0.2) is 66.0 Å². The first-order valence-electron chi connectivity index (χ1n) is 10.4. The molecule has 4 rings (SSSR count).